The largest absolute Gasteiger partial charge is 0.497 e. The van der Waals surface area contributed by atoms with Gasteiger partial charge in [0.1, 0.15) is 11.3 Å². The van der Waals surface area contributed by atoms with E-state index in [0.717, 1.165) is 11.3 Å². The number of allylic oxidation sites excluding steroid dienone is 2. The van der Waals surface area contributed by atoms with Crippen LogP contribution in [0.15, 0.2) is 63.4 Å². The summed E-state index contributed by atoms with van der Waals surface area (Å²) in [6.07, 6.45) is 0.502. The topological polar surface area (TPSA) is 91.5 Å². The lowest BCUT2D eigenvalue weighted by Crippen LogP contribution is -2.14. The average molecular weight is 336 g/mol. The number of hydrogen-bond acceptors (Lipinski definition) is 5. The summed E-state index contributed by atoms with van der Waals surface area (Å²) < 4.78 is 10.5. The first kappa shape index (κ1) is 16.6. The third-order valence-corrected chi connectivity index (χ3v) is 4.26. The van der Waals surface area contributed by atoms with E-state index in [-0.39, 0.29) is 0 Å². The molecular formula is C20H20N2O3. The fraction of sp³-hybridized carbons (Fsp3) is 0.150. The number of nitrogens with two attached hydrogens (primary N) is 2. The van der Waals surface area contributed by atoms with Crippen LogP contribution < -0.4 is 21.8 Å². The highest BCUT2D eigenvalue weighted by Gasteiger charge is 2.15. The van der Waals surface area contributed by atoms with Crippen LogP contribution in [0.3, 0.4) is 0 Å². The molecule has 5 nitrogen and oxygen atoms in total. The molecule has 0 fully saturated rings. The van der Waals surface area contributed by atoms with E-state index in [0.29, 0.717) is 39.9 Å². The summed E-state index contributed by atoms with van der Waals surface area (Å²) in [4.78, 5) is 12.4. The van der Waals surface area contributed by atoms with Crippen molar-refractivity contribution in [3.63, 3.8) is 0 Å². The third-order valence-electron chi connectivity index (χ3n) is 4.26. The summed E-state index contributed by atoms with van der Waals surface area (Å²) in [5.41, 5.74) is 15.4. The minimum atomic E-state index is -0.480. The van der Waals surface area contributed by atoms with Crippen LogP contribution >= 0.6 is 0 Å². The number of methoxy groups -OCH3 is 1. The van der Waals surface area contributed by atoms with E-state index in [4.69, 9.17) is 20.6 Å². The van der Waals surface area contributed by atoms with E-state index in [1.165, 1.54) is 0 Å². The van der Waals surface area contributed by atoms with Gasteiger partial charge in [-0.3, -0.25) is 0 Å². The number of hydrogen-bond donors (Lipinski definition) is 2. The molecular weight excluding hydrogens is 316 g/mol. The molecule has 1 aromatic heterocycles. The maximum absolute atomic E-state index is 12.4. The van der Waals surface area contributed by atoms with Gasteiger partial charge in [0, 0.05) is 17.5 Å². The van der Waals surface area contributed by atoms with Gasteiger partial charge in [-0.15, -0.1) is 0 Å². The monoisotopic (exact) mass is 336 g/mol. The van der Waals surface area contributed by atoms with Crippen LogP contribution in [0.1, 0.15) is 18.1 Å². The van der Waals surface area contributed by atoms with Gasteiger partial charge in [0.05, 0.1) is 18.4 Å². The number of ether oxygens (including phenoxy) is 1. The summed E-state index contributed by atoms with van der Waals surface area (Å²) in [5, 5.41) is 0.702. The van der Waals surface area contributed by atoms with Gasteiger partial charge in [-0.1, -0.05) is 24.3 Å². The highest BCUT2D eigenvalue weighted by molar-refractivity contribution is 5.94. The first-order valence-electron chi connectivity index (χ1n) is 7.91. The molecule has 5 heteroatoms. The van der Waals surface area contributed by atoms with E-state index in [1.807, 2.05) is 36.4 Å². The minimum Gasteiger partial charge on any atom is -0.497 e. The van der Waals surface area contributed by atoms with Crippen molar-refractivity contribution in [1.82, 2.24) is 0 Å². The predicted molar refractivity (Wildman–Crippen MR) is 100 cm³/mol. The van der Waals surface area contributed by atoms with Crippen molar-refractivity contribution in [1.29, 1.82) is 0 Å². The Morgan fingerprint density at radius 2 is 1.80 bits per heavy atom. The zero-order valence-corrected chi connectivity index (χ0v) is 14.2. The van der Waals surface area contributed by atoms with Gasteiger partial charge in [-0.2, -0.15) is 0 Å². The molecule has 0 aliphatic carbocycles. The first-order chi connectivity index (χ1) is 12.0. The van der Waals surface area contributed by atoms with Gasteiger partial charge in [0.2, 0.25) is 0 Å². The highest BCUT2D eigenvalue weighted by atomic mass is 16.5. The van der Waals surface area contributed by atoms with Crippen LogP contribution in [-0.2, 0) is 6.42 Å². The molecule has 128 valence electrons. The van der Waals surface area contributed by atoms with Crippen LogP contribution in [-0.4, -0.2) is 7.11 Å². The molecule has 25 heavy (non-hydrogen) atoms. The van der Waals surface area contributed by atoms with Gasteiger partial charge in [-0.05, 0) is 42.3 Å². The molecule has 1 heterocycles. The summed E-state index contributed by atoms with van der Waals surface area (Å²) in [6.45, 7) is 1.79. The van der Waals surface area contributed by atoms with Crippen LogP contribution in [0.4, 0.5) is 5.69 Å². The maximum Gasteiger partial charge on any atom is 0.346 e. The average Bonchev–Trinajstić information content (AvgIpc) is 2.62. The summed E-state index contributed by atoms with van der Waals surface area (Å²) in [6, 6.07) is 14.8. The highest BCUT2D eigenvalue weighted by Crippen LogP contribution is 2.28. The Bertz CT molecular complexity index is 1000. The Kier molecular flexibility index (Phi) is 4.48. The maximum atomic E-state index is 12.4. The summed E-state index contributed by atoms with van der Waals surface area (Å²) in [5.74, 6) is 0.780. The van der Waals surface area contributed by atoms with Crippen molar-refractivity contribution < 1.29 is 9.15 Å². The normalized spacial score (nSPS) is 12.1. The number of rotatable bonds is 4. The molecule has 0 amide bonds. The van der Waals surface area contributed by atoms with Gasteiger partial charge >= 0.3 is 5.63 Å². The van der Waals surface area contributed by atoms with E-state index < -0.39 is 5.63 Å². The molecule has 0 radical (unpaired) electrons. The fourth-order valence-corrected chi connectivity index (χ4v) is 2.79. The van der Waals surface area contributed by atoms with E-state index in [2.05, 4.69) is 0 Å². The van der Waals surface area contributed by atoms with Crippen LogP contribution in [0.5, 0.6) is 5.75 Å². The van der Waals surface area contributed by atoms with Crippen molar-refractivity contribution in [3.8, 4) is 5.75 Å². The predicted octanol–water partition coefficient (Wildman–Crippen LogP) is 3.32. The number of benzene rings is 2. The Hall–Kier alpha value is -3.21. The van der Waals surface area contributed by atoms with Crippen LogP contribution in [0, 0.1) is 0 Å². The molecule has 0 saturated carbocycles. The zero-order valence-electron chi connectivity index (χ0n) is 14.2. The van der Waals surface area contributed by atoms with Crippen molar-refractivity contribution in [2.45, 2.75) is 13.3 Å². The fourth-order valence-electron chi connectivity index (χ4n) is 2.79. The van der Waals surface area contributed by atoms with E-state index >= 15 is 0 Å². The second-order valence-corrected chi connectivity index (χ2v) is 5.85. The molecule has 0 unspecified atom stereocenters. The first-order valence-corrected chi connectivity index (χ1v) is 7.91. The molecule has 0 aliphatic rings. The Morgan fingerprint density at radius 1 is 1.12 bits per heavy atom. The Morgan fingerprint density at radius 3 is 2.48 bits per heavy atom. The molecule has 0 aliphatic heterocycles. The number of anilines is 1. The van der Waals surface area contributed by atoms with Crippen LogP contribution in [0.25, 0.3) is 16.5 Å². The summed E-state index contributed by atoms with van der Waals surface area (Å²) >= 11 is 0. The van der Waals surface area contributed by atoms with Crippen LogP contribution in [0.2, 0.25) is 0 Å². The minimum absolute atomic E-state index is 0.324. The van der Waals surface area contributed by atoms with E-state index in [9.17, 15) is 4.79 Å². The molecule has 0 bridgehead atoms. The van der Waals surface area contributed by atoms with Gasteiger partial charge < -0.3 is 20.6 Å². The second-order valence-electron chi connectivity index (χ2n) is 5.85. The van der Waals surface area contributed by atoms with Crippen molar-refractivity contribution in [2.24, 2.45) is 5.73 Å². The van der Waals surface area contributed by atoms with E-state index in [1.54, 1.807) is 26.2 Å². The quantitative estimate of drug-likeness (QED) is 0.713. The lowest BCUT2D eigenvalue weighted by atomic mass is 10.00. The van der Waals surface area contributed by atoms with Crippen molar-refractivity contribution in [3.05, 3.63) is 75.8 Å². The second kappa shape index (κ2) is 6.73. The Labute approximate surface area is 145 Å². The van der Waals surface area contributed by atoms with Gasteiger partial charge in [0.25, 0.3) is 0 Å². The molecule has 4 N–H and O–H groups in total. The number of fused-ring (bicyclic) bond motifs is 1. The lowest BCUT2D eigenvalue weighted by Gasteiger charge is -2.11. The Balaban J connectivity index is 2.03. The molecule has 0 spiro atoms. The molecule has 3 rings (SSSR count). The van der Waals surface area contributed by atoms with Gasteiger partial charge in [0.15, 0.2) is 0 Å². The zero-order chi connectivity index (χ0) is 18.0. The van der Waals surface area contributed by atoms with Crippen molar-refractivity contribution in [2.75, 3.05) is 12.8 Å². The smallest absolute Gasteiger partial charge is 0.346 e. The standard InChI is InChI=1S/C20H20N2O3/c1-12(16(21)11-13-7-9-14(24-2)10-8-13)18-19(22)15-5-3-4-6-17(15)25-20(18)23/h3-10H,11,21-22H2,1-2H3/b16-12-. The lowest BCUT2D eigenvalue weighted by molar-refractivity contribution is 0.414. The molecule has 2 aromatic carbocycles. The number of nitrogen functional groups attached to an aromatic ring is 1. The summed E-state index contributed by atoms with van der Waals surface area (Å²) in [7, 11) is 1.62. The number of para-hydroxylation sites is 1. The SMILES string of the molecule is COc1ccc(C/C(N)=C(\C)c2c(N)c3ccccc3oc2=O)cc1. The molecule has 0 atom stereocenters. The third kappa shape index (κ3) is 3.21. The molecule has 0 saturated heterocycles. The van der Waals surface area contributed by atoms with Gasteiger partial charge in [-0.25, -0.2) is 4.79 Å². The molecule has 3 aromatic rings. The van der Waals surface area contributed by atoms with Crippen molar-refractivity contribution >= 4 is 22.2 Å².